The lowest BCUT2D eigenvalue weighted by molar-refractivity contribution is -0.124. The van der Waals surface area contributed by atoms with Gasteiger partial charge in [0.2, 0.25) is 0 Å². The highest BCUT2D eigenvalue weighted by molar-refractivity contribution is 6.22. The average molecular weight is 365 g/mol. The lowest BCUT2D eigenvalue weighted by Crippen LogP contribution is -2.31. The number of hydrogen-bond acceptors (Lipinski definition) is 5. The van der Waals surface area contributed by atoms with Crippen molar-refractivity contribution in [2.24, 2.45) is 0 Å². The third-order valence-corrected chi connectivity index (χ3v) is 4.53. The number of benzene rings is 2. The van der Waals surface area contributed by atoms with E-state index in [1.807, 2.05) is 30.3 Å². The zero-order valence-corrected chi connectivity index (χ0v) is 15.1. The molecule has 2 aromatic carbocycles. The molecule has 2 aromatic rings. The molecule has 1 aliphatic rings. The number of carbonyl (C=O) groups is 4. The number of amides is 2. The molecule has 27 heavy (non-hydrogen) atoms. The molecule has 1 atom stereocenters. The molecule has 0 saturated heterocycles. The summed E-state index contributed by atoms with van der Waals surface area (Å²) >= 11 is 0. The Morgan fingerprint density at radius 3 is 2.33 bits per heavy atom. The second-order valence-corrected chi connectivity index (χ2v) is 6.42. The second-order valence-electron chi connectivity index (χ2n) is 6.42. The number of ketones is 1. The first-order valence-electron chi connectivity index (χ1n) is 8.64. The quantitative estimate of drug-likeness (QED) is 0.581. The molecule has 138 valence electrons. The van der Waals surface area contributed by atoms with E-state index in [4.69, 9.17) is 4.74 Å². The van der Waals surface area contributed by atoms with Crippen LogP contribution in [0, 0.1) is 0 Å². The molecule has 6 nitrogen and oxygen atoms in total. The normalized spacial score (nSPS) is 14.1. The van der Waals surface area contributed by atoms with Gasteiger partial charge in [-0.3, -0.25) is 19.3 Å². The number of carbonyl (C=O) groups excluding carboxylic acids is 4. The van der Waals surface area contributed by atoms with Crippen molar-refractivity contribution in [2.45, 2.75) is 26.4 Å². The van der Waals surface area contributed by atoms with Gasteiger partial charge in [-0.15, -0.1) is 0 Å². The van der Waals surface area contributed by atoms with Crippen molar-refractivity contribution >= 4 is 23.6 Å². The van der Waals surface area contributed by atoms with Crippen LogP contribution in [0.3, 0.4) is 0 Å². The minimum Gasteiger partial charge on any atom is -0.451 e. The zero-order chi connectivity index (χ0) is 19.6. The Balaban J connectivity index is 1.76. The standard InChI is InChI=1S/C21H19NO5/c1-13(23)14(2)27-21(26)16-8-9-17-18(12-16)20(25)22(19(17)24)11-10-15-6-4-3-5-7-15/h3-9,12,14H,10-11H2,1-2H3. The summed E-state index contributed by atoms with van der Waals surface area (Å²) in [5, 5.41) is 0. The maximum atomic E-state index is 12.6. The van der Waals surface area contributed by atoms with E-state index >= 15 is 0 Å². The SMILES string of the molecule is CC(=O)C(C)OC(=O)c1ccc2c(c1)C(=O)N(CCc1ccccc1)C2=O. The van der Waals surface area contributed by atoms with Crippen LogP contribution in [0.5, 0.6) is 0 Å². The van der Waals surface area contributed by atoms with Crippen molar-refractivity contribution in [1.82, 2.24) is 4.90 Å². The van der Waals surface area contributed by atoms with Crippen LogP contribution < -0.4 is 0 Å². The van der Waals surface area contributed by atoms with Gasteiger partial charge in [-0.05, 0) is 44.0 Å². The molecule has 3 rings (SSSR count). The molecule has 6 heteroatoms. The van der Waals surface area contributed by atoms with E-state index in [2.05, 4.69) is 0 Å². The van der Waals surface area contributed by atoms with Gasteiger partial charge in [0, 0.05) is 6.54 Å². The van der Waals surface area contributed by atoms with Crippen LogP contribution in [0.4, 0.5) is 0 Å². The van der Waals surface area contributed by atoms with Crippen molar-refractivity contribution in [3.8, 4) is 0 Å². The van der Waals surface area contributed by atoms with Crippen LogP contribution in [0.1, 0.15) is 50.5 Å². The lowest BCUT2D eigenvalue weighted by Gasteiger charge is -2.13. The van der Waals surface area contributed by atoms with Gasteiger partial charge < -0.3 is 4.74 Å². The number of fused-ring (bicyclic) bond motifs is 1. The maximum Gasteiger partial charge on any atom is 0.338 e. The Bertz CT molecular complexity index is 919. The van der Waals surface area contributed by atoms with Gasteiger partial charge in [-0.2, -0.15) is 0 Å². The number of rotatable bonds is 6. The molecule has 1 heterocycles. The lowest BCUT2D eigenvalue weighted by atomic mass is 10.1. The fourth-order valence-corrected chi connectivity index (χ4v) is 2.82. The summed E-state index contributed by atoms with van der Waals surface area (Å²) in [6.45, 7) is 3.07. The topological polar surface area (TPSA) is 80.8 Å². The number of ether oxygens (including phenoxy) is 1. The Morgan fingerprint density at radius 1 is 1.00 bits per heavy atom. The van der Waals surface area contributed by atoms with Crippen molar-refractivity contribution in [3.63, 3.8) is 0 Å². The van der Waals surface area contributed by atoms with Gasteiger partial charge in [0.1, 0.15) is 0 Å². The molecule has 0 N–H and O–H groups in total. The minimum atomic E-state index is -0.870. The molecule has 1 unspecified atom stereocenters. The molecule has 1 aliphatic heterocycles. The van der Waals surface area contributed by atoms with E-state index in [-0.39, 0.29) is 34.9 Å². The summed E-state index contributed by atoms with van der Waals surface area (Å²) in [7, 11) is 0. The highest BCUT2D eigenvalue weighted by atomic mass is 16.5. The van der Waals surface area contributed by atoms with Gasteiger partial charge in [-0.1, -0.05) is 30.3 Å². The van der Waals surface area contributed by atoms with E-state index in [1.54, 1.807) is 0 Å². The van der Waals surface area contributed by atoms with Crippen LogP contribution in [-0.4, -0.2) is 41.1 Å². The van der Waals surface area contributed by atoms with E-state index in [9.17, 15) is 19.2 Å². The monoisotopic (exact) mass is 365 g/mol. The van der Waals surface area contributed by atoms with Crippen LogP contribution >= 0.6 is 0 Å². The summed E-state index contributed by atoms with van der Waals surface area (Å²) in [4.78, 5) is 49.7. The highest BCUT2D eigenvalue weighted by Gasteiger charge is 2.35. The largest absolute Gasteiger partial charge is 0.451 e. The molecule has 2 amide bonds. The number of hydrogen-bond donors (Lipinski definition) is 0. The van der Waals surface area contributed by atoms with Gasteiger partial charge >= 0.3 is 5.97 Å². The van der Waals surface area contributed by atoms with E-state index in [0.29, 0.717) is 6.42 Å². The van der Waals surface area contributed by atoms with Crippen molar-refractivity contribution in [3.05, 3.63) is 70.8 Å². The Hall–Kier alpha value is -3.28. The molecular formula is C21H19NO5. The summed E-state index contributed by atoms with van der Waals surface area (Å²) in [5.74, 6) is -1.78. The predicted molar refractivity (Wildman–Crippen MR) is 97.5 cm³/mol. The minimum absolute atomic E-state index is 0.132. The van der Waals surface area contributed by atoms with Crippen molar-refractivity contribution < 1.29 is 23.9 Å². The summed E-state index contributed by atoms with van der Waals surface area (Å²) in [6.07, 6.45) is -0.317. The van der Waals surface area contributed by atoms with Crippen LogP contribution in [0.15, 0.2) is 48.5 Å². The fraction of sp³-hybridized carbons (Fsp3) is 0.238. The smallest absolute Gasteiger partial charge is 0.338 e. The molecule has 0 aromatic heterocycles. The van der Waals surface area contributed by atoms with Gasteiger partial charge in [0.05, 0.1) is 16.7 Å². The third-order valence-electron chi connectivity index (χ3n) is 4.53. The highest BCUT2D eigenvalue weighted by Crippen LogP contribution is 2.25. The van der Waals surface area contributed by atoms with Gasteiger partial charge in [0.15, 0.2) is 11.9 Å². The summed E-state index contributed by atoms with van der Waals surface area (Å²) < 4.78 is 5.05. The van der Waals surface area contributed by atoms with Crippen molar-refractivity contribution in [1.29, 1.82) is 0 Å². The third kappa shape index (κ3) is 3.79. The average Bonchev–Trinajstić information content (AvgIpc) is 2.90. The Morgan fingerprint density at radius 2 is 1.67 bits per heavy atom. The zero-order valence-electron chi connectivity index (χ0n) is 15.1. The van der Waals surface area contributed by atoms with Crippen LogP contribution in [0.25, 0.3) is 0 Å². The number of esters is 1. The Kier molecular flexibility index (Phi) is 5.16. The van der Waals surface area contributed by atoms with Gasteiger partial charge in [0.25, 0.3) is 11.8 Å². The predicted octanol–water partition coefficient (Wildman–Crippen LogP) is 2.66. The second kappa shape index (κ2) is 7.53. The number of imide groups is 1. The first kappa shape index (κ1) is 18.5. The summed E-state index contributed by atoms with van der Waals surface area (Å²) in [5.41, 5.74) is 1.60. The Labute approximate surface area is 156 Å². The van der Waals surface area contributed by atoms with E-state index in [1.165, 1.54) is 36.9 Å². The summed E-state index contributed by atoms with van der Waals surface area (Å²) in [6, 6.07) is 13.8. The van der Waals surface area contributed by atoms with E-state index in [0.717, 1.165) is 5.56 Å². The van der Waals surface area contributed by atoms with E-state index < -0.39 is 18.0 Å². The first-order valence-corrected chi connectivity index (χ1v) is 8.64. The first-order chi connectivity index (χ1) is 12.9. The van der Waals surface area contributed by atoms with Crippen LogP contribution in [-0.2, 0) is 16.0 Å². The molecule has 0 fully saturated rings. The van der Waals surface area contributed by atoms with Gasteiger partial charge in [-0.25, -0.2) is 4.79 Å². The number of Topliss-reactive ketones (excluding diaryl/α,β-unsaturated/α-hetero) is 1. The molecule has 0 saturated carbocycles. The molecule has 0 aliphatic carbocycles. The molecule has 0 bridgehead atoms. The molecular weight excluding hydrogens is 346 g/mol. The van der Waals surface area contributed by atoms with Crippen molar-refractivity contribution in [2.75, 3.05) is 6.54 Å². The molecule has 0 radical (unpaired) electrons. The molecule has 0 spiro atoms. The number of nitrogens with zero attached hydrogens (tertiary/aromatic N) is 1. The maximum absolute atomic E-state index is 12.6. The fourth-order valence-electron chi connectivity index (χ4n) is 2.82. The van der Waals surface area contributed by atoms with Crippen LogP contribution in [0.2, 0.25) is 0 Å².